The number of aryl methyl sites for hydroxylation is 1. The highest BCUT2D eigenvalue weighted by molar-refractivity contribution is 7.92. The Morgan fingerprint density at radius 3 is 2.45 bits per heavy atom. The number of nitrogens with zero attached hydrogens (tertiary/aromatic N) is 1. The third kappa shape index (κ3) is 5.67. The second-order valence-corrected chi connectivity index (χ2v) is 9.82. The summed E-state index contributed by atoms with van der Waals surface area (Å²) in [6.45, 7) is 4.17. The maximum atomic E-state index is 13.5. The fourth-order valence-electron chi connectivity index (χ4n) is 3.33. The highest BCUT2D eigenvalue weighted by atomic mass is 35.5. The summed E-state index contributed by atoms with van der Waals surface area (Å²) < 4.78 is 33.7. The molecule has 0 unspecified atom stereocenters. The van der Waals surface area contributed by atoms with E-state index in [1.54, 1.807) is 48.5 Å². The zero-order valence-corrected chi connectivity index (χ0v) is 20.4. The van der Waals surface area contributed by atoms with Crippen LogP contribution in [0.15, 0.2) is 71.6 Å². The molecule has 0 fully saturated rings. The van der Waals surface area contributed by atoms with Crippen LogP contribution in [-0.4, -0.2) is 28.0 Å². The van der Waals surface area contributed by atoms with Gasteiger partial charge in [-0.15, -0.1) is 0 Å². The Kier molecular flexibility index (Phi) is 8.00. The van der Waals surface area contributed by atoms with Gasteiger partial charge in [0, 0.05) is 23.2 Å². The second kappa shape index (κ2) is 10.7. The molecule has 0 radical (unpaired) electrons. The lowest BCUT2D eigenvalue weighted by molar-refractivity contribution is 0.102. The maximum absolute atomic E-state index is 13.5. The average molecular weight is 487 g/mol. The van der Waals surface area contributed by atoms with Crippen molar-refractivity contribution < 1.29 is 17.9 Å². The maximum Gasteiger partial charge on any atom is 0.264 e. The van der Waals surface area contributed by atoms with Crippen LogP contribution in [0.2, 0.25) is 5.02 Å². The predicted octanol–water partition coefficient (Wildman–Crippen LogP) is 5.90. The number of hydrogen-bond acceptors (Lipinski definition) is 4. The summed E-state index contributed by atoms with van der Waals surface area (Å²) in [6, 6.07) is 18.3. The number of para-hydroxylation sites is 1. The molecule has 8 heteroatoms. The molecule has 0 bridgehead atoms. The van der Waals surface area contributed by atoms with Crippen molar-refractivity contribution in [3.8, 4) is 5.75 Å². The minimum atomic E-state index is -3.87. The fraction of sp³-hybridized carbons (Fsp3) is 0.240. The number of rotatable bonds is 9. The Labute approximate surface area is 200 Å². The summed E-state index contributed by atoms with van der Waals surface area (Å²) in [5, 5.41) is 3.31. The van der Waals surface area contributed by atoms with Gasteiger partial charge in [0.05, 0.1) is 23.4 Å². The van der Waals surface area contributed by atoms with Gasteiger partial charge < -0.3 is 10.1 Å². The summed E-state index contributed by atoms with van der Waals surface area (Å²) >= 11 is 6.14. The summed E-state index contributed by atoms with van der Waals surface area (Å²) in [5.41, 5.74) is 2.03. The van der Waals surface area contributed by atoms with Crippen LogP contribution in [0.4, 0.5) is 11.4 Å². The standard InChI is InChI=1S/C25H27ClN2O4S/c1-4-5-14-28(20-11-7-6-8-12-20)33(30,31)21-13-9-10-19(16-21)25(29)27-23-15-18(2)22(26)17-24(23)32-3/h6-13,15-17H,4-5,14H2,1-3H3,(H,27,29). The number of methoxy groups -OCH3 is 1. The molecule has 3 aromatic carbocycles. The molecule has 0 atom stereocenters. The van der Waals surface area contributed by atoms with Gasteiger partial charge in [-0.05, 0) is 55.3 Å². The van der Waals surface area contributed by atoms with Crippen molar-refractivity contribution in [1.82, 2.24) is 0 Å². The van der Waals surface area contributed by atoms with Crippen LogP contribution >= 0.6 is 11.6 Å². The average Bonchev–Trinajstić information content (AvgIpc) is 2.82. The van der Waals surface area contributed by atoms with E-state index in [0.717, 1.165) is 12.0 Å². The van der Waals surface area contributed by atoms with E-state index < -0.39 is 15.9 Å². The number of amides is 1. The number of carbonyl (C=O) groups excluding carboxylic acids is 1. The Hall–Kier alpha value is -3.03. The van der Waals surface area contributed by atoms with Crippen molar-refractivity contribution in [3.05, 3.63) is 82.9 Å². The Bertz CT molecular complexity index is 1230. The molecular weight excluding hydrogens is 460 g/mol. The molecule has 0 spiro atoms. The Balaban J connectivity index is 1.93. The fourth-order valence-corrected chi connectivity index (χ4v) is 5.04. The minimum Gasteiger partial charge on any atom is -0.495 e. The lowest BCUT2D eigenvalue weighted by Gasteiger charge is -2.24. The number of carbonyl (C=O) groups is 1. The van der Waals surface area contributed by atoms with Crippen molar-refractivity contribution in [3.63, 3.8) is 0 Å². The van der Waals surface area contributed by atoms with Gasteiger partial charge in [-0.1, -0.05) is 49.2 Å². The highest BCUT2D eigenvalue weighted by Crippen LogP contribution is 2.31. The Morgan fingerprint density at radius 1 is 1.06 bits per heavy atom. The van der Waals surface area contributed by atoms with Gasteiger partial charge in [0.25, 0.3) is 15.9 Å². The predicted molar refractivity (Wildman–Crippen MR) is 133 cm³/mol. The first-order valence-electron chi connectivity index (χ1n) is 10.6. The van der Waals surface area contributed by atoms with Crippen molar-refractivity contribution in [2.45, 2.75) is 31.6 Å². The van der Waals surface area contributed by atoms with Crippen LogP contribution < -0.4 is 14.4 Å². The molecule has 33 heavy (non-hydrogen) atoms. The molecule has 3 aromatic rings. The first-order valence-corrected chi connectivity index (χ1v) is 12.4. The van der Waals surface area contributed by atoms with Gasteiger partial charge in [0.1, 0.15) is 5.75 Å². The van der Waals surface area contributed by atoms with Crippen LogP contribution in [0.1, 0.15) is 35.7 Å². The molecule has 6 nitrogen and oxygen atoms in total. The summed E-state index contributed by atoms with van der Waals surface area (Å²) in [7, 11) is -2.38. The first-order chi connectivity index (χ1) is 15.8. The molecule has 0 aliphatic carbocycles. The number of sulfonamides is 1. The molecule has 3 rings (SSSR count). The van der Waals surface area contributed by atoms with E-state index in [1.807, 2.05) is 19.9 Å². The largest absolute Gasteiger partial charge is 0.495 e. The lowest BCUT2D eigenvalue weighted by Crippen LogP contribution is -2.32. The number of halogens is 1. The summed E-state index contributed by atoms with van der Waals surface area (Å²) in [4.78, 5) is 13.0. The lowest BCUT2D eigenvalue weighted by atomic mass is 10.1. The van der Waals surface area contributed by atoms with Crippen LogP contribution in [0.3, 0.4) is 0 Å². The number of nitrogens with one attached hydrogen (secondary N) is 1. The van der Waals surface area contributed by atoms with E-state index in [4.69, 9.17) is 16.3 Å². The molecule has 174 valence electrons. The minimum absolute atomic E-state index is 0.0503. The molecular formula is C25H27ClN2O4S. The van der Waals surface area contributed by atoms with Crippen LogP contribution in [-0.2, 0) is 10.0 Å². The van der Waals surface area contributed by atoms with Crippen LogP contribution in [0, 0.1) is 6.92 Å². The van der Waals surface area contributed by atoms with Crippen molar-refractivity contribution in [2.24, 2.45) is 0 Å². The third-order valence-corrected chi connectivity index (χ3v) is 7.40. The molecule has 0 saturated heterocycles. The molecule has 1 N–H and O–H groups in total. The van der Waals surface area contributed by atoms with E-state index in [1.165, 1.54) is 23.5 Å². The normalized spacial score (nSPS) is 11.2. The van der Waals surface area contributed by atoms with E-state index in [0.29, 0.717) is 35.1 Å². The van der Waals surface area contributed by atoms with E-state index in [9.17, 15) is 13.2 Å². The van der Waals surface area contributed by atoms with Gasteiger partial charge in [0.2, 0.25) is 0 Å². The van der Waals surface area contributed by atoms with E-state index in [-0.39, 0.29) is 10.5 Å². The van der Waals surface area contributed by atoms with Gasteiger partial charge in [-0.3, -0.25) is 9.10 Å². The van der Waals surface area contributed by atoms with Gasteiger partial charge in [-0.2, -0.15) is 0 Å². The number of hydrogen-bond donors (Lipinski definition) is 1. The quantitative estimate of drug-likeness (QED) is 0.408. The molecule has 0 aliphatic rings. The van der Waals surface area contributed by atoms with Crippen molar-refractivity contribution in [2.75, 3.05) is 23.3 Å². The van der Waals surface area contributed by atoms with Gasteiger partial charge >= 0.3 is 0 Å². The molecule has 0 aliphatic heterocycles. The number of ether oxygens (including phenoxy) is 1. The topological polar surface area (TPSA) is 75.7 Å². The zero-order chi connectivity index (χ0) is 24.0. The molecule has 0 aromatic heterocycles. The second-order valence-electron chi connectivity index (χ2n) is 7.55. The van der Waals surface area contributed by atoms with Gasteiger partial charge in [0.15, 0.2) is 0 Å². The van der Waals surface area contributed by atoms with Crippen LogP contribution in [0.25, 0.3) is 0 Å². The monoisotopic (exact) mass is 486 g/mol. The zero-order valence-electron chi connectivity index (χ0n) is 18.8. The number of unbranched alkanes of at least 4 members (excludes halogenated alkanes) is 1. The SMILES string of the molecule is CCCCN(c1ccccc1)S(=O)(=O)c1cccc(C(=O)Nc2cc(C)c(Cl)cc2OC)c1. The van der Waals surface area contributed by atoms with Crippen LogP contribution in [0.5, 0.6) is 5.75 Å². The summed E-state index contributed by atoms with van der Waals surface area (Å²) in [5.74, 6) is -0.0376. The van der Waals surface area contributed by atoms with Gasteiger partial charge in [-0.25, -0.2) is 8.42 Å². The van der Waals surface area contributed by atoms with E-state index >= 15 is 0 Å². The number of anilines is 2. The molecule has 1 amide bonds. The van der Waals surface area contributed by atoms with Crippen molar-refractivity contribution in [1.29, 1.82) is 0 Å². The van der Waals surface area contributed by atoms with Crippen molar-refractivity contribution >= 4 is 38.9 Å². The summed E-state index contributed by atoms with van der Waals surface area (Å²) in [6.07, 6.45) is 1.56. The molecule has 0 heterocycles. The Morgan fingerprint density at radius 2 is 1.79 bits per heavy atom. The smallest absolute Gasteiger partial charge is 0.264 e. The highest BCUT2D eigenvalue weighted by Gasteiger charge is 2.25. The van der Waals surface area contributed by atoms with E-state index in [2.05, 4.69) is 5.32 Å². The molecule has 0 saturated carbocycles. The third-order valence-electron chi connectivity index (χ3n) is 5.17. The number of benzene rings is 3. The first kappa shape index (κ1) is 24.6.